The number of rotatable bonds is 5. The molecule has 6 heteroatoms. The predicted octanol–water partition coefficient (Wildman–Crippen LogP) is 0.720. The number of carbonyl (C=O) groups excluding carboxylic acids is 1. The van der Waals surface area contributed by atoms with E-state index >= 15 is 0 Å². The molecular weight excluding hydrogens is 212 g/mol. The number of ether oxygens (including phenoxy) is 2. The molecule has 1 unspecified atom stereocenters. The number of carbonyl (C=O) groups is 1. The van der Waals surface area contributed by atoms with Crippen LogP contribution in [0.4, 0.5) is 0 Å². The topological polar surface area (TPSA) is 73.6 Å². The molecule has 1 rings (SSSR count). The Kier molecular flexibility index (Phi) is 4.45. The third kappa shape index (κ3) is 3.04. The van der Waals surface area contributed by atoms with Crippen LogP contribution in [0.25, 0.3) is 0 Å². The molecule has 16 heavy (non-hydrogen) atoms. The van der Waals surface area contributed by atoms with E-state index in [0.29, 0.717) is 5.69 Å². The number of methoxy groups -OCH3 is 2. The van der Waals surface area contributed by atoms with Gasteiger partial charge in [-0.25, -0.2) is 0 Å². The van der Waals surface area contributed by atoms with E-state index in [1.54, 1.807) is 19.9 Å². The lowest BCUT2D eigenvalue weighted by atomic mass is 10.3. The minimum atomic E-state index is -0.493. The van der Waals surface area contributed by atoms with E-state index in [1.807, 2.05) is 0 Å². The molecule has 0 radical (unpaired) electrons. The van der Waals surface area contributed by atoms with Crippen LogP contribution >= 0.6 is 0 Å². The summed E-state index contributed by atoms with van der Waals surface area (Å²) in [6.07, 6.45) is -0.493. The number of aryl methyl sites for hydroxylation is 1. The van der Waals surface area contributed by atoms with Crippen LogP contribution in [-0.4, -0.2) is 37.6 Å². The second kappa shape index (κ2) is 5.62. The Hall–Kier alpha value is -1.40. The second-order valence-electron chi connectivity index (χ2n) is 3.43. The Morgan fingerprint density at radius 3 is 2.56 bits per heavy atom. The van der Waals surface area contributed by atoms with Crippen LogP contribution in [0.15, 0.2) is 10.6 Å². The van der Waals surface area contributed by atoms with Gasteiger partial charge in [0.05, 0.1) is 11.7 Å². The van der Waals surface area contributed by atoms with Crippen molar-refractivity contribution in [2.45, 2.75) is 26.2 Å². The van der Waals surface area contributed by atoms with Crippen molar-refractivity contribution in [3.63, 3.8) is 0 Å². The minimum Gasteiger partial charge on any atom is -0.354 e. The zero-order valence-electron chi connectivity index (χ0n) is 9.81. The fourth-order valence-corrected chi connectivity index (χ4v) is 1.32. The first-order chi connectivity index (χ1) is 7.58. The first-order valence-corrected chi connectivity index (χ1v) is 4.88. The Balaban J connectivity index is 2.57. The van der Waals surface area contributed by atoms with E-state index in [4.69, 9.17) is 14.0 Å². The summed E-state index contributed by atoms with van der Waals surface area (Å²) in [4.78, 5) is 11.6. The van der Waals surface area contributed by atoms with E-state index in [0.717, 1.165) is 0 Å². The molecule has 0 bridgehead atoms. The van der Waals surface area contributed by atoms with E-state index in [1.165, 1.54) is 14.2 Å². The summed E-state index contributed by atoms with van der Waals surface area (Å²) < 4.78 is 14.9. The minimum absolute atomic E-state index is 0.176. The summed E-state index contributed by atoms with van der Waals surface area (Å²) >= 11 is 0. The van der Waals surface area contributed by atoms with Crippen LogP contribution in [0, 0.1) is 6.92 Å². The number of aromatic nitrogens is 1. The van der Waals surface area contributed by atoms with E-state index in [9.17, 15) is 4.79 Å². The summed E-state index contributed by atoms with van der Waals surface area (Å²) in [7, 11) is 3.02. The van der Waals surface area contributed by atoms with Crippen LogP contribution in [-0.2, 0) is 9.47 Å². The third-order valence-electron chi connectivity index (χ3n) is 2.08. The van der Waals surface area contributed by atoms with Crippen LogP contribution < -0.4 is 5.32 Å². The molecule has 1 aromatic heterocycles. The van der Waals surface area contributed by atoms with Crippen molar-refractivity contribution in [3.05, 3.63) is 17.5 Å². The highest BCUT2D eigenvalue weighted by molar-refractivity contribution is 5.91. The maximum Gasteiger partial charge on any atom is 0.290 e. The van der Waals surface area contributed by atoms with Crippen molar-refractivity contribution in [3.8, 4) is 0 Å². The smallest absolute Gasteiger partial charge is 0.290 e. The first-order valence-electron chi connectivity index (χ1n) is 4.88. The molecule has 0 aliphatic carbocycles. The molecule has 0 saturated carbocycles. The lowest BCUT2D eigenvalue weighted by Gasteiger charge is -2.21. The Bertz CT molecular complexity index is 346. The van der Waals surface area contributed by atoms with Gasteiger partial charge < -0.3 is 19.3 Å². The molecule has 1 N–H and O–H groups in total. The molecule has 0 fully saturated rings. The molecule has 0 aromatic carbocycles. The molecule has 1 atom stereocenters. The summed E-state index contributed by atoms with van der Waals surface area (Å²) in [6, 6.07) is 1.28. The van der Waals surface area contributed by atoms with Gasteiger partial charge in [0, 0.05) is 20.3 Å². The quantitative estimate of drug-likeness (QED) is 0.752. The zero-order valence-corrected chi connectivity index (χ0v) is 9.81. The fourth-order valence-electron chi connectivity index (χ4n) is 1.32. The van der Waals surface area contributed by atoms with Crippen molar-refractivity contribution in [1.29, 1.82) is 0 Å². The van der Waals surface area contributed by atoms with E-state index in [-0.39, 0.29) is 17.7 Å². The fraction of sp³-hybridized carbons (Fsp3) is 0.600. The van der Waals surface area contributed by atoms with Gasteiger partial charge in [-0.2, -0.15) is 0 Å². The Morgan fingerprint density at radius 1 is 1.50 bits per heavy atom. The highest BCUT2D eigenvalue weighted by atomic mass is 16.7. The van der Waals surface area contributed by atoms with Crippen molar-refractivity contribution in [2.24, 2.45) is 0 Å². The highest BCUT2D eigenvalue weighted by Crippen LogP contribution is 2.04. The van der Waals surface area contributed by atoms with Gasteiger partial charge in [0.2, 0.25) is 5.76 Å². The average molecular weight is 228 g/mol. The van der Waals surface area contributed by atoms with Crippen LogP contribution in [0.2, 0.25) is 0 Å². The Morgan fingerprint density at radius 2 is 2.12 bits per heavy atom. The summed E-state index contributed by atoms with van der Waals surface area (Å²) in [5, 5.41) is 6.32. The summed E-state index contributed by atoms with van der Waals surface area (Å²) in [6.45, 7) is 3.52. The van der Waals surface area contributed by atoms with Gasteiger partial charge in [0.1, 0.15) is 0 Å². The first kappa shape index (κ1) is 12.7. The molecule has 1 amide bonds. The summed E-state index contributed by atoms with van der Waals surface area (Å²) in [5.41, 5.74) is 0.660. The van der Waals surface area contributed by atoms with Gasteiger partial charge in [-0.15, -0.1) is 0 Å². The monoisotopic (exact) mass is 228 g/mol. The number of nitrogens with zero attached hydrogens (tertiary/aromatic N) is 1. The van der Waals surface area contributed by atoms with Gasteiger partial charge in [0.25, 0.3) is 5.91 Å². The van der Waals surface area contributed by atoms with Crippen molar-refractivity contribution >= 4 is 5.91 Å². The molecule has 0 saturated heterocycles. The van der Waals surface area contributed by atoms with Gasteiger partial charge in [0.15, 0.2) is 6.29 Å². The lowest BCUT2D eigenvalue weighted by molar-refractivity contribution is -0.117. The molecule has 1 heterocycles. The SMILES string of the molecule is COC(OC)C(C)NC(=O)c1cc(C)no1. The zero-order chi connectivity index (χ0) is 12.1. The van der Waals surface area contributed by atoms with Gasteiger partial charge in [-0.3, -0.25) is 4.79 Å². The molecule has 0 aliphatic heterocycles. The maximum absolute atomic E-state index is 11.6. The maximum atomic E-state index is 11.6. The van der Waals surface area contributed by atoms with Crippen molar-refractivity contribution in [2.75, 3.05) is 14.2 Å². The highest BCUT2D eigenvalue weighted by Gasteiger charge is 2.20. The standard InChI is InChI=1S/C10H16N2O4/c1-6-5-8(16-12-6)9(13)11-7(2)10(14-3)15-4/h5,7,10H,1-4H3,(H,11,13). The number of nitrogens with one attached hydrogen (secondary N) is 1. The molecule has 0 aliphatic rings. The van der Waals surface area contributed by atoms with Crippen LogP contribution in [0.3, 0.4) is 0 Å². The van der Waals surface area contributed by atoms with Crippen molar-refractivity contribution in [1.82, 2.24) is 10.5 Å². The van der Waals surface area contributed by atoms with Gasteiger partial charge in [-0.05, 0) is 13.8 Å². The van der Waals surface area contributed by atoms with Gasteiger partial charge >= 0.3 is 0 Å². The largest absolute Gasteiger partial charge is 0.354 e. The number of hydrogen-bond donors (Lipinski definition) is 1. The molecular formula is C10H16N2O4. The molecule has 1 aromatic rings. The average Bonchev–Trinajstić information content (AvgIpc) is 2.66. The van der Waals surface area contributed by atoms with Crippen molar-refractivity contribution < 1.29 is 18.8 Å². The number of hydrogen-bond acceptors (Lipinski definition) is 5. The van der Waals surface area contributed by atoms with Crippen LogP contribution in [0.1, 0.15) is 23.2 Å². The molecule has 90 valence electrons. The lowest BCUT2D eigenvalue weighted by Crippen LogP contribution is -2.42. The third-order valence-corrected chi connectivity index (χ3v) is 2.08. The Labute approximate surface area is 93.9 Å². The predicted molar refractivity (Wildman–Crippen MR) is 56.0 cm³/mol. The molecule has 0 spiro atoms. The molecule has 6 nitrogen and oxygen atoms in total. The second-order valence-corrected chi connectivity index (χ2v) is 3.43. The van der Waals surface area contributed by atoms with Gasteiger partial charge in [-0.1, -0.05) is 5.16 Å². The summed E-state index contributed by atoms with van der Waals surface area (Å²) in [5.74, 6) is -0.164. The normalized spacial score (nSPS) is 12.8. The number of amides is 1. The van der Waals surface area contributed by atoms with Crippen LogP contribution in [0.5, 0.6) is 0 Å². The van der Waals surface area contributed by atoms with E-state index < -0.39 is 6.29 Å². The van der Waals surface area contributed by atoms with E-state index in [2.05, 4.69) is 10.5 Å².